The summed E-state index contributed by atoms with van der Waals surface area (Å²) >= 11 is 0. The van der Waals surface area contributed by atoms with Gasteiger partial charge < -0.3 is 15.7 Å². The molecule has 1 rings (SSSR count). The van der Waals surface area contributed by atoms with Crippen molar-refractivity contribution in [1.82, 2.24) is 5.32 Å². The van der Waals surface area contributed by atoms with Crippen molar-refractivity contribution in [3.63, 3.8) is 0 Å². The van der Waals surface area contributed by atoms with Gasteiger partial charge in [0.1, 0.15) is 5.82 Å². The minimum atomic E-state index is -0.512. The van der Waals surface area contributed by atoms with E-state index in [1.54, 1.807) is 32.9 Å². The molecule has 0 heterocycles. The Kier molecular flexibility index (Phi) is 4.67. The number of urea groups is 1. The summed E-state index contributed by atoms with van der Waals surface area (Å²) < 4.78 is 13.3. The molecule has 1 aromatic carbocycles. The lowest BCUT2D eigenvalue weighted by atomic mass is 10.0. The topological polar surface area (TPSA) is 61.4 Å². The van der Waals surface area contributed by atoms with E-state index in [2.05, 4.69) is 10.6 Å². The number of aryl methyl sites for hydroxylation is 1. The Balaban J connectivity index is 2.62. The van der Waals surface area contributed by atoms with Crippen LogP contribution in [0.25, 0.3) is 0 Å². The summed E-state index contributed by atoms with van der Waals surface area (Å²) in [6.07, 6.45) is 0.447. The molecule has 0 aliphatic carbocycles. The van der Waals surface area contributed by atoms with Crippen LogP contribution in [0.1, 0.15) is 25.8 Å². The maximum absolute atomic E-state index is 13.3. The van der Waals surface area contributed by atoms with Gasteiger partial charge >= 0.3 is 6.03 Å². The molecule has 4 nitrogen and oxygen atoms in total. The minimum Gasteiger partial charge on any atom is -0.396 e. The average molecular weight is 254 g/mol. The van der Waals surface area contributed by atoms with Gasteiger partial charge in [0.15, 0.2) is 0 Å². The average Bonchev–Trinajstić information content (AvgIpc) is 2.22. The minimum absolute atomic E-state index is 0.00750. The van der Waals surface area contributed by atoms with Crippen molar-refractivity contribution in [2.24, 2.45) is 0 Å². The Morgan fingerprint density at radius 3 is 2.67 bits per heavy atom. The van der Waals surface area contributed by atoms with Crippen molar-refractivity contribution in [3.8, 4) is 0 Å². The van der Waals surface area contributed by atoms with Crippen molar-refractivity contribution < 1.29 is 14.3 Å². The fraction of sp³-hybridized carbons (Fsp3) is 0.462. The van der Waals surface area contributed by atoms with E-state index in [0.29, 0.717) is 17.7 Å². The molecule has 0 unspecified atom stereocenters. The van der Waals surface area contributed by atoms with Crippen LogP contribution in [-0.4, -0.2) is 23.3 Å². The van der Waals surface area contributed by atoms with E-state index in [0.717, 1.165) is 0 Å². The normalized spacial score (nSPS) is 11.2. The smallest absolute Gasteiger partial charge is 0.319 e. The lowest BCUT2D eigenvalue weighted by Gasteiger charge is -2.25. The van der Waals surface area contributed by atoms with Crippen LogP contribution in [0.3, 0.4) is 0 Å². The second kappa shape index (κ2) is 5.82. The van der Waals surface area contributed by atoms with Crippen LogP contribution in [0.5, 0.6) is 0 Å². The molecule has 0 fully saturated rings. The molecule has 0 radical (unpaired) electrons. The van der Waals surface area contributed by atoms with Gasteiger partial charge in [0, 0.05) is 17.8 Å². The van der Waals surface area contributed by atoms with Crippen LogP contribution >= 0.6 is 0 Å². The molecule has 0 saturated carbocycles. The number of nitrogens with one attached hydrogen (secondary N) is 2. The molecule has 100 valence electrons. The Morgan fingerprint density at radius 1 is 1.44 bits per heavy atom. The molecular weight excluding hydrogens is 235 g/mol. The third kappa shape index (κ3) is 4.33. The molecule has 0 saturated heterocycles. The first-order chi connectivity index (χ1) is 8.34. The molecule has 3 N–H and O–H groups in total. The first-order valence-electron chi connectivity index (χ1n) is 5.80. The first-order valence-corrected chi connectivity index (χ1v) is 5.80. The molecule has 0 aliphatic rings. The Morgan fingerprint density at radius 2 is 2.11 bits per heavy atom. The van der Waals surface area contributed by atoms with Gasteiger partial charge in [-0.3, -0.25) is 0 Å². The van der Waals surface area contributed by atoms with Crippen molar-refractivity contribution in [1.29, 1.82) is 0 Å². The van der Waals surface area contributed by atoms with Gasteiger partial charge in [-0.2, -0.15) is 0 Å². The molecule has 0 spiro atoms. The van der Waals surface area contributed by atoms with Crippen molar-refractivity contribution >= 4 is 11.7 Å². The van der Waals surface area contributed by atoms with Crippen LogP contribution in [0.15, 0.2) is 18.2 Å². The number of carbonyl (C=O) groups is 1. The fourth-order valence-corrected chi connectivity index (χ4v) is 1.48. The van der Waals surface area contributed by atoms with Gasteiger partial charge in [-0.25, -0.2) is 9.18 Å². The molecule has 18 heavy (non-hydrogen) atoms. The largest absolute Gasteiger partial charge is 0.396 e. The highest BCUT2D eigenvalue weighted by Gasteiger charge is 2.19. The molecule has 2 amide bonds. The summed E-state index contributed by atoms with van der Waals surface area (Å²) in [5.74, 6) is -0.359. The van der Waals surface area contributed by atoms with Gasteiger partial charge in [0.05, 0.1) is 0 Å². The lowest BCUT2D eigenvalue weighted by Crippen LogP contribution is -2.46. The molecule has 5 heteroatoms. The van der Waals surface area contributed by atoms with E-state index in [9.17, 15) is 9.18 Å². The fourth-order valence-electron chi connectivity index (χ4n) is 1.48. The molecule has 0 aliphatic heterocycles. The molecule has 1 aromatic rings. The zero-order valence-electron chi connectivity index (χ0n) is 10.9. The van der Waals surface area contributed by atoms with Crippen LogP contribution < -0.4 is 10.6 Å². The van der Waals surface area contributed by atoms with Gasteiger partial charge in [0.2, 0.25) is 0 Å². The predicted octanol–water partition coefficient (Wildman–Crippen LogP) is 2.42. The zero-order chi connectivity index (χ0) is 13.8. The Labute approximate surface area is 106 Å². The van der Waals surface area contributed by atoms with Gasteiger partial charge in [-0.15, -0.1) is 0 Å². The highest BCUT2D eigenvalue weighted by Crippen LogP contribution is 2.14. The quantitative estimate of drug-likeness (QED) is 0.772. The second-order valence-electron chi connectivity index (χ2n) is 4.90. The monoisotopic (exact) mass is 254 g/mol. The van der Waals surface area contributed by atoms with Gasteiger partial charge in [-0.1, -0.05) is 6.07 Å². The van der Waals surface area contributed by atoms with Crippen molar-refractivity contribution in [2.75, 3.05) is 11.9 Å². The molecular formula is C13H19FN2O2. The van der Waals surface area contributed by atoms with Crippen LogP contribution in [0.2, 0.25) is 0 Å². The van der Waals surface area contributed by atoms with E-state index in [4.69, 9.17) is 5.11 Å². The Bertz CT molecular complexity index is 433. The summed E-state index contributed by atoms with van der Waals surface area (Å²) in [6.45, 7) is 5.26. The SMILES string of the molecule is Cc1ccc(NC(=O)NC(C)(C)CCO)cc1F. The van der Waals surface area contributed by atoms with Gasteiger partial charge in [-0.05, 0) is 44.9 Å². The summed E-state index contributed by atoms with van der Waals surface area (Å²) in [5, 5.41) is 14.1. The number of anilines is 1. The van der Waals surface area contributed by atoms with E-state index < -0.39 is 11.6 Å². The van der Waals surface area contributed by atoms with E-state index in [1.807, 2.05) is 0 Å². The zero-order valence-corrected chi connectivity index (χ0v) is 10.9. The van der Waals surface area contributed by atoms with E-state index >= 15 is 0 Å². The summed E-state index contributed by atoms with van der Waals surface area (Å²) in [7, 11) is 0. The van der Waals surface area contributed by atoms with Crippen molar-refractivity contribution in [3.05, 3.63) is 29.6 Å². The number of carbonyl (C=O) groups excluding carboxylic acids is 1. The number of halogens is 1. The summed E-state index contributed by atoms with van der Waals surface area (Å²) in [4.78, 5) is 11.7. The second-order valence-corrected chi connectivity index (χ2v) is 4.90. The summed E-state index contributed by atoms with van der Waals surface area (Å²) in [6, 6.07) is 4.09. The van der Waals surface area contributed by atoms with Crippen LogP contribution in [0.4, 0.5) is 14.9 Å². The lowest BCUT2D eigenvalue weighted by molar-refractivity contribution is 0.218. The van der Waals surface area contributed by atoms with Crippen LogP contribution in [0, 0.1) is 12.7 Å². The number of hydrogen-bond acceptors (Lipinski definition) is 2. The Hall–Kier alpha value is -1.62. The first kappa shape index (κ1) is 14.4. The molecule has 0 aromatic heterocycles. The van der Waals surface area contributed by atoms with Crippen LogP contribution in [-0.2, 0) is 0 Å². The number of benzene rings is 1. The van der Waals surface area contributed by atoms with E-state index in [-0.39, 0.29) is 12.4 Å². The molecule has 0 bridgehead atoms. The summed E-state index contributed by atoms with van der Waals surface area (Å²) in [5.41, 5.74) is 0.416. The standard InChI is InChI=1S/C13H19FN2O2/c1-9-4-5-10(8-11(9)14)15-12(18)16-13(2,3)6-7-17/h4-5,8,17H,6-7H2,1-3H3,(H2,15,16,18). The maximum Gasteiger partial charge on any atom is 0.319 e. The number of hydrogen-bond donors (Lipinski definition) is 3. The van der Waals surface area contributed by atoms with Crippen molar-refractivity contribution in [2.45, 2.75) is 32.7 Å². The van der Waals surface area contributed by atoms with E-state index in [1.165, 1.54) is 6.07 Å². The third-order valence-corrected chi connectivity index (χ3v) is 2.62. The highest BCUT2D eigenvalue weighted by atomic mass is 19.1. The number of aliphatic hydroxyl groups excluding tert-OH is 1. The van der Waals surface area contributed by atoms with Gasteiger partial charge in [0.25, 0.3) is 0 Å². The maximum atomic E-state index is 13.3. The number of aliphatic hydroxyl groups is 1. The predicted molar refractivity (Wildman–Crippen MR) is 69.1 cm³/mol. The third-order valence-electron chi connectivity index (χ3n) is 2.62. The highest BCUT2D eigenvalue weighted by molar-refractivity contribution is 5.89. The molecule has 0 atom stereocenters. The number of rotatable bonds is 4. The number of amides is 2.